The van der Waals surface area contributed by atoms with Crippen LogP contribution in [0.2, 0.25) is 0 Å². The summed E-state index contributed by atoms with van der Waals surface area (Å²) in [6.07, 6.45) is 5.03. The Morgan fingerprint density at radius 3 is 2.52 bits per heavy atom. The lowest BCUT2D eigenvalue weighted by Gasteiger charge is -2.39. The molecule has 6 heteroatoms. The van der Waals surface area contributed by atoms with Crippen LogP contribution in [-0.4, -0.2) is 33.5 Å². The Morgan fingerprint density at radius 2 is 1.88 bits per heavy atom. The molecule has 136 valence electrons. The van der Waals surface area contributed by atoms with Gasteiger partial charge < -0.3 is 10.2 Å². The fourth-order valence-corrected chi connectivity index (χ4v) is 4.07. The van der Waals surface area contributed by atoms with Crippen LogP contribution < -0.4 is 0 Å². The second-order valence-electron chi connectivity index (χ2n) is 7.23. The largest absolute Gasteiger partial charge is 0.502 e. The first-order chi connectivity index (χ1) is 11.7. The summed E-state index contributed by atoms with van der Waals surface area (Å²) >= 11 is 0. The average Bonchev–Trinajstić information content (AvgIpc) is 2.87. The lowest BCUT2D eigenvalue weighted by atomic mass is 9.62. The Kier molecular flexibility index (Phi) is 5.60. The predicted octanol–water partition coefficient (Wildman–Crippen LogP) is 2.77. The fraction of sp³-hybridized carbons (Fsp3) is 0.579. The zero-order valence-electron chi connectivity index (χ0n) is 14.6. The summed E-state index contributed by atoms with van der Waals surface area (Å²) in [6, 6.07) is 0. The van der Waals surface area contributed by atoms with Gasteiger partial charge in [0.15, 0.2) is 5.78 Å². The highest BCUT2D eigenvalue weighted by Crippen LogP contribution is 2.52. The summed E-state index contributed by atoms with van der Waals surface area (Å²) in [6.45, 7) is 3.48. The molecule has 2 N–H and O–H groups in total. The van der Waals surface area contributed by atoms with E-state index in [0.29, 0.717) is 37.7 Å². The molecule has 2 aliphatic carbocycles. The van der Waals surface area contributed by atoms with E-state index in [0.717, 1.165) is 6.08 Å². The number of aliphatic carboxylic acids is 1. The van der Waals surface area contributed by atoms with E-state index in [1.54, 1.807) is 6.92 Å². The quantitative estimate of drug-likeness (QED) is 0.434. The zero-order chi connectivity index (χ0) is 18.8. The zero-order valence-corrected chi connectivity index (χ0v) is 14.6. The molecule has 0 radical (unpaired) electrons. The monoisotopic (exact) mass is 348 g/mol. The Labute approximate surface area is 146 Å². The summed E-state index contributed by atoms with van der Waals surface area (Å²) in [5, 5.41) is 17.7. The molecular formula is C19H24O6. The van der Waals surface area contributed by atoms with Crippen LogP contribution in [-0.2, 0) is 19.2 Å². The van der Waals surface area contributed by atoms with E-state index in [-0.39, 0.29) is 35.6 Å². The number of allylic oxidation sites excluding steroid dienone is 3. The Bertz CT molecular complexity index is 671. The predicted molar refractivity (Wildman–Crippen MR) is 89.9 cm³/mol. The minimum Gasteiger partial charge on any atom is -0.502 e. The first kappa shape index (κ1) is 19.1. The van der Waals surface area contributed by atoms with Gasteiger partial charge in [-0.1, -0.05) is 13.0 Å². The number of hydrogen-bond acceptors (Lipinski definition) is 5. The van der Waals surface area contributed by atoms with Gasteiger partial charge in [0, 0.05) is 30.6 Å². The topological polar surface area (TPSA) is 109 Å². The minimum absolute atomic E-state index is 0.0225. The molecule has 0 aromatic carbocycles. The van der Waals surface area contributed by atoms with Crippen molar-refractivity contribution in [2.75, 3.05) is 0 Å². The number of carboxylic acid groups (broad SMARTS) is 1. The molecule has 0 heterocycles. The third-order valence-corrected chi connectivity index (χ3v) is 5.76. The molecule has 6 nitrogen and oxygen atoms in total. The maximum absolute atomic E-state index is 12.3. The van der Waals surface area contributed by atoms with E-state index in [1.807, 2.05) is 6.92 Å². The van der Waals surface area contributed by atoms with Crippen LogP contribution >= 0.6 is 0 Å². The van der Waals surface area contributed by atoms with Gasteiger partial charge in [-0.15, -0.1) is 0 Å². The summed E-state index contributed by atoms with van der Waals surface area (Å²) in [5.74, 6) is -2.37. The number of carbonyl (C=O) groups is 4. The highest BCUT2D eigenvalue weighted by molar-refractivity contribution is 5.96. The van der Waals surface area contributed by atoms with E-state index in [4.69, 9.17) is 10.2 Å². The SMILES string of the molecule is C/C(=C\C=C(/O)C(=O)O)C(=O)CC[C@@H]1C(=O)CC[C@]2(C)C(=O)CCC12. The fourth-order valence-electron chi connectivity index (χ4n) is 4.07. The van der Waals surface area contributed by atoms with E-state index in [2.05, 4.69) is 0 Å². The Balaban J connectivity index is 2.02. The Morgan fingerprint density at radius 1 is 1.20 bits per heavy atom. The van der Waals surface area contributed by atoms with Gasteiger partial charge in [0.05, 0.1) is 0 Å². The molecule has 0 aromatic heterocycles. The molecule has 0 aromatic rings. The molecule has 2 rings (SSSR count). The number of fused-ring (bicyclic) bond motifs is 1. The van der Waals surface area contributed by atoms with Crippen molar-refractivity contribution in [2.24, 2.45) is 17.3 Å². The molecule has 2 fully saturated rings. The van der Waals surface area contributed by atoms with Crippen LogP contribution in [0, 0.1) is 17.3 Å². The number of carboxylic acids is 1. The second kappa shape index (κ2) is 7.33. The van der Waals surface area contributed by atoms with Gasteiger partial charge in [-0.05, 0) is 43.8 Å². The van der Waals surface area contributed by atoms with Gasteiger partial charge in [0.1, 0.15) is 11.6 Å². The molecule has 2 saturated carbocycles. The normalized spacial score (nSPS) is 30.3. The van der Waals surface area contributed by atoms with Gasteiger partial charge in [-0.3, -0.25) is 14.4 Å². The van der Waals surface area contributed by atoms with Gasteiger partial charge >= 0.3 is 5.97 Å². The van der Waals surface area contributed by atoms with Crippen LogP contribution in [0.15, 0.2) is 23.5 Å². The third kappa shape index (κ3) is 3.89. The lowest BCUT2D eigenvalue weighted by Crippen LogP contribution is -2.42. The number of ketones is 3. The molecule has 0 spiro atoms. The summed E-state index contributed by atoms with van der Waals surface area (Å²) in [4.78, 5) is 47.2. The number of aliphatic hydroxyl groups is 1. The van der Waals surface area contributed by atoms with E-state index in [9.17, 15) is 19.2 Å². The van der Waals surface area contributed by atoms with E-state index < -0.39 is 17.1 Å². The average molecular weight is 348 g/mol. The van der Waals surface area contributed by atoms with Crippen molar-refractivity contribution in [3.8, 4) is 0 Å². The van der Waals surface area contributed by atoms with Gasteiger partial charge in [-0.25, -0.2) is 4.79 Å². The van der Waals surface area contributed by atoms with Crippen molar-refractivity contribution in [3.63, 3.8) is 0 Å². The van der Waals surface area contributed by atoms with Crippen LogP contribution in [0.3, 0.4) is 0 Å². The highest BCUT2D eigenvalue weighted by atomic mass is 16.4. The Hall–Kier alpha value is -2.24. The van der Waals surface area contributed by atoms with Crippen LogP contribution in [0.4, 0.5) is 0 Å². The van der Waals surface area contributed by atoms with Crippen LogP contribution in [0.25, 0.3) is 0 Å². The van der Waals surface area contributed by atoms with E-state index >= 15 is 0 Å². The molecule has 1 unspecified atom stereocenters. The van der Waals surface area contributed by atoms with Crippen LogP contribution in [0.5, 0.6) is 0 Å². The number of Topliss-reactive ketones (excluding diaryl/α,β-unsaturated/α-hetero) is 3. The second-order valence-corrected chi connectivity index (χ2v) is 7.23. The molecule has 0 amide bonds. The van der Waals surface area contributed by atoms with E-state index in [1.165, 1.54) is 6.08 Å². The highest BCUT2D eigenvalue weighted by Gasteiger charge is 2.53. The first-order valence-corrected chi connectivity index (χ1v) is 8.57. The number of rotatable bonds is 6. The molecular weight excluding hydrogens is 324 g/mol. The maximum atomic E-state index is 12.3. The van der Waals surface area contributed by atoms with Crippen molar-refractivity contribution in [1.29, 1.82) is 0 Å². The summed E-state index contributed by atoms with van der Waals surface area (Å²) in [5.41, 5.74) is -0.107. The standard InChI is InChI=1S/C19H24O6/c1-11(3-6-16(22)18(24)25)14(20)7-4-12-13-5-8-17(23)19(13,2)10-9-15(12)21/h3,6,12-13,22H,4-5,7-10H2,1-2H3,(H,24,25)/b11-3+,16-6-/t12-,13?,19-/m0/s1. The molecule has 25 heavy (non-hydrogen) atoms. The number of hydrogen-bond donors (Lipinski definition) is 2. The molecule has 0 bridgehead atoms. The van der Waals surface area contributed by atoms with Crippen molar-refractivity contribution < 1.29 is 29.4 Å². The lowest BCUT2D eigenvalue weighted by molar-refractivity contribution is -0.137. The summed E-state index contributed by atoms with van der Waals surface area (Å²) in [7, 11) is 0. The maximum Gasteiger partial charge on any atom is 0.370 e. The first-order valence-electron chi connectivity index (χ1n) is 8.57. The van der Waals surface area contributed by atoms with Gasteiger partial charge in [-0.2, -0.15) is 0 Å². The van der Waals surface area contributed by atoms with Gasteiger partial charge in [0.2, 0.25) is 5.76 Å². The van der Waals surface area contributed by atoms with Gasteiger partial charge in [0.25, 0.3) is 0 Å². The van der Waals surface area contributed by atoms with Crippen molar-refractivity contribution >= 4 is 23.3 Å². The smallest absolute Gasteiger partial charge is 0.370 e. The molecule has 0 saturated heterocycles. The van der Waals surface area contributed by atoms with Crippen molar-refractivity contribution in [2.45, 2.75) is 52.4 Å². The molecule has 2 aliphatic rings. The summed E-state index contributed by atoms with van der Waals surface area (Å²) < 4.78 is 0. The number of aliphatic hydroxyl groups excluding tert-OH is 1. The van der Waals surface area contributed by atoms with Crippen LogP contribution in [0.1, 0.15) is 52.4 Å². The molecule has 0 aliphatic heterocycles. The minimum atomic E-state index is -1.46. The third-order valence-electron chi connectivity index (χ3n) is 5.76. The van der Waals surface area contributed by atoms with Crippen molar-refractivity contribution in [1.82, 2.24) is 0 Å². The molecule has 3 atom stereocenters. The number of carbonyl (C=O) groups excluding carboxylic acids is 3. The van der Waals surface area contributed by atoms with Crippen molar-refractivity contribution in [3.05, 3.63) is 23.5 Å².